The lowest BCUT2D eigenvalue weighted by molar-refractivity contribution is -0.121. The largest absolute Gasteiger partial charge is 0.491 e. The number of nitrogens with zero attached hydrogens (tertiary/aromatic N) is 2. The molecular formula is C28H33N3O2. The third kappa shape index (κ3) is 5.92. The maximum Gasteiger partial charge on any atom is 0.219 e. The summed E-state index contributed by atoms with van der Waals surface area (Å²) in [5.74, 6) is 2.18. The molecule has 0 radical (unpaired) electrons. The van der Waals surface area contributed by atoms with Gasteiger partial charge in [0, 0.05) is 24.8 Å². The fourth-order valence-corrected chi connectivity index (χ4v) is 4.26. The van der Waals surface area contributed by atoms with Gasteiger partial charge in [0.2, 0.25) is 5.91 Å². The van der Waals surface area contributed by atoms with E-state index in [1.54, 1.807) is 0 Å². The van der Waals surface area contributed by atoms with Crippen molar-refractivity contribution in [2.75, 3.05) is 13.2 Å². The first-order chi connectivity index (χ1) is 16.3. The summed E-state index contributed by atoms with van der Waals surface area (Å²) in [6, 6.07) is 22.8. The molecule has 1 amide bonds. The van der Waals surface area contributed by atoms with E-state index in [4.69, 9.17) is 9.72 Å². The fourth-order valence-electron chi connectivity index (χ4n) is 4.26. The molecule has 0 fully saturated rings. The Kier molecular flexibility index (Phi) is 7.96. The van der Waals surface area contributed by atoms with Crippen LogP contribution in [-0.2, 0) is 17.8 Å². The van der Waals surface area contributed by atoms with Crippen LogP contribution in [-0.4, -0.2) is 28.6 Å². The van der Waals surface area contributed by atoms with Crippen molar-refractivity contribution in [1.82, 2.24) is 14.9 Å². The molecule has 1 aromatic heterocycles. The van der Waals surface area contributed by atoms with Crippen molar-refractivity contribution in [1.29, 1.82) is 0 Å². The van der Waals surface area contributed by atoms with E-state index in [0.29, 0.717) is 13.0 Å². The molecule has 33 heavy (non-hydrogen) atoms. The molecule has 172 valence electrons. The number of carbonyl (C=O) groups excluding carboxylic acids is 1. The van der Waals surface area contributed by atoms with Gasteiger partial charge in [-0.25, -0.2) is 4.98 Å². The number of hydrogen-bond donors (Lipinski definition) is 1. The Balaban J connectivity index is 1.35. The van der Waals surface area contributed by atoms with E-state index < -0.39 is 0 Å². The van der Waals surface area contributed by atoms with Gasteiger partial charge in [0.1, 0.15) is 18.2 Å². The van der Waals surface area contributed by atoms with Gasteiger partial charge in [-0.15, -0.1) is 0 Å². The molecular weight excluding hydrogens is 410 g/mol. The van der Waals surface area contributed by atoms with Crippen LogP contribution >= 0.6 is 0 Å². The number of ether oxygens (including phenoxy) is 1. The summed E-state index contributed by atoms with van der Waals surface area (Å²) in [6.07, 6.45) is 5.56. The topological polar surface area (TPSA) is 56.2 Å². The maximum absolute atomic E-state index is 11.6. The molecule has 0 unspecified atom stereocenters. The molecule has 0 bridgehead atoms. The number of amides is 1. The highest BCUT2D eigenvalue weighted by atomic mass is 16.5. The molecule has 1 heterocycles. The molecule has 1 N–H and O–H groups in total. The zero-order valence-electron chi connectivity index (χ0n) is 19.4. The highest BCUT2D eigenvalue weighted by Crippen LogP contribution is 2.25. The number of imidazole rings is 1. The Labute approximate surface area is 195 Å². The minimum atomic E-state index is 0.158. The SMILES string of the molecule is CCCC(=O)NCCCCCc1nc2ccccc2n1CCOc1cccc2ccccc12. The van der Waals surface area contributed by atoms with Crippen LogP contribution in [0.5, 0.6) is 5.75 Å². The van der Waals surface area contributed by atoms with E-state index in [2.05, 4.69) is 52.3 Å². The predicted molar refractivity (Wildman–Crippen MR) is 135 cm³/mol. The molecule has 0 aliphatic heterocycles. The van der Waals surface area contributed by atoms with Crippen LogP contribution in [0.3, 0.4) is 0 Å². The molecule has 5 heteroatoms. The lowest BCUT2D eigenvalue weighted by Crippen LogP contribution is -2.23. The Morgan fingerprint density at radius 3 is 2.70 bits per heavy atom. The van der Waals surface area contributed by atoms with Crippen molar-refractivity contribution < 1.29 is 9.53 Å². The highest BCUT2D eigenvalue weighted by Gasteiger charge is 2.11. The molecule has 0 aliphatic carbocycles. The third-order valence-electron chi connectivity index (χ3n) is 5.93. The van der Waals surface area contributed by atoms with Crippen LogP contribution in [0.1, 0.15) is 44.9 Å². The average molecular weight is 444 g/mol. The Morgan fingerprint density at radius 1 is 0.970 bits per heavy atom. The smallest absolute Gasteiger partial charge is 0.219 e. The number of rotatable bonds is 12. The van der Waals surface area contributed by atoms with Crippen molar-refractivity contribution in [2.24, 2.45) is 0 Å². The number of para-hydroxylation sites is 2. The van der Waals surface area contributed by atoms with E-state index >= 15 is 0 Å². The van der Waals surface area contributed by atoms with Gasteiger partial charge in [-0.05, 0) is 42.8 Å². The number of aromatic nitrogens is 2. The minimum absolute atomic E-state index is 0.158. The average Bonchev–Trinajstić information content (AvgIpc) is 3.19. The number of benzene rings is 3. The van der Waals surface area contributed by atoms with Crippen molar-refractivity contribution in [3.05, 3.63) is 72.6 Å². The summed E-state index contributed by atoms with van der Waals surface area (Å²) in [4.78, 5) is 16.5. The van der Waals surface area contributed by atoms with Crippen molar-refractivity contribution in [3.8, 4) is 5.75 Å². The molecule has 0 spiro atoms. The molecule has 0 saturated heterocycles. The Morgan fingerprint density at radius 2 is 1.79 bits per heavy atom. The third-order valence-corrected chi connectivity index (χ3v) is 5.93. The standard InChI is InChI=1S/C28H33N3O2/c1-2-11-28(32)29-19-9-3-4-18-27-30-24-15-7-8-16-25(24)31(27)20-21-33-26-17-10-13-22-12-5-6-14-23(22)26/h5-8,10,12-17H,2-4,9,11,18-21H2,1H3,(H,29,32). The Bertz CT molecular complexity index is 1190. The highest BCUT2D eigenvalue weighted by molar-refractivity contribution is 5.88. The second kappa shape index (κ2) is 11.5. The zero-order valence-corrected chi connectivity index (χ0v) is 19.4. The molecule has 0 atom stereocenters. The summed E-state index contributed by atoms with van der Waals surface area (Å²) in [7, 11) is 0. The van der Waals surface area contributed by atoms with Crippen LogP contribution < -0.4 is 10.1 Å². The second-order valence-electron chi connectivity index (χ2n) is 8.40. The van der Waals surface area contributed by atoms with E-state index in [1.807, 2.05) is 31.2 Å². The number of fused-ring (bicyclic) bond motifs is 2. The van der Waals surface area contributed by atoms with Gasteiger partial charge in [-0.2, -0.15) is 0 Å². The molecule has 4 aromatic rings. The van der Waals surface area contributed by atoms with Gasteiger partial charge in [0.25, 0.3) is 0 Å². The predicted octanol–water partition coefficient (Wildman–Crippen LogP) is 5.90. The van der Waals surface area contributed by atoms with Crippen LogP contribution in [0.2, 0.25) is 0 Å². The monoisotopic (exact) mass is 443 g/mol. The summed E-state index contributed by atoms with van der Waals surface area (Å²) in [5.41, 5.74) is 2.19. The van der Waals surface area contributed by atoms with Gasteiger partial charge < -0.3 is 14.6 Å². The zero-order chi connectivity index (χ0) is 22.9. The molecule has 5 nitrogen and oxygen atoms in total. The van der Waals surface area contributed by atoms with Gasteiger partial charge >= 0.3 is 0 Å². The Hall–Kier alpha value is -3.34. The van der Waals surface area contributed by atoms with Crippen molar-refractivity contribution in [2.45, 2.75) is 52.0 Å². The van der Waals surface area contributed by atoms with E-state index in [9.17, 15) is 4.79 Å². The van der Waals surface area contributed by atoms with Crippen molar-refractivity contribution >= 4 is 27.7 Å². The normalized spacial score (nSPS) is 11.2. The first kappa shape index (κ1) is 22.8. The number of hydrogen-bond acceptors (Lipinski definition) is 3. The summed E-state index contributed by atoms with van der Waals surface area (Å²) in [5, 5.41) is 5.32. The summed E-state index contributed by atoms with van der Waals surface area (Å²) >= 11 is 0. The first-order valence-corrected chi connectivity index (χ1v) is 12.1. The summed E-state index contributed by atoms with van der Waals surface area (Å²) < 4.78 is 8.50. The number of aryl methyl sites for hydroxylation is 1. The lowest BCUT2D eigenvalue weighted by atomic mass is 10.1. The molecule has 0 aliphatic rings. The van der Waals surface area contributed by atoms with Gasteiger partial charge in [0.15, 0.2) is 0 Å². The quantitative estimate of drug-likeness (QED) is 0.277. The van der Waals surface area contributed by atoms with E-state index in [-0.39, 0.29) is 5.91 Å². The number of nitrogens with one attached hydrogen (secondary N) is 1. The minimum Gasteiger partial charge on any atom is -0.491 e. The van der Waals surface area contributed by atoms with Gasteiger partial charge in [-0.3, -0.25) is 4.79 Å². The summed E-state index contributed by atoms with van der Waals surface area (Å²) in [6.45, 7) is 4.13. The maximum atomic E-state index is 11.6. The second-order valence-corrected chi connectivity index (χ2v) is 8.40. The van der Waals surface area contributed by atoms with Crippen LogP contribution in [0, 0.1) is 0 Å². The van der Waals surface area contributed by atoms with E-state index in [0.717, 1.165) is 73.2 Å². The molecule has 0 saturated carbocycles. The lowest BCUT2D eigenvalue weighted by Gasteiger charge is -2.12. The van der Waals surface area contributed by atoms with Gasteiger partial charge in [-0.1, -0.05) is 61.9 Å². The van der Waals surface area contributed by atoms with Crippen LogP contribution in [0.15, 0.2) is 66.7 Å². The molecule has 3 aromatic carbocycles. The number of carbonyl (C=O) groups is 1. The molecule has 4 rings (SSSR count). The van der Waals surface area contributed by atoms with Crippen LogP contribution in [0.4, 0.5) is 0 Å². The number of unbranched alkanes of at least 4 members (excludes halogenated alkanes) is 2. The fraction of sp³-hybridized carbons (Fsp3) is 0.357. The van der Waals surface area contributed by atoms with E-state index in [1.165, 1.54) is 5.39 Å². The van der Waals surface area contributed by atoms with Crippen LogP contribution in [0.25, 0.3) is 21.8 Å². The first-order valence-electron chi connectivity index (χ1n) is 12.1. The van der Waals surface area contributed by atoms with Crippen molar-refractivity contribution in [3.63, 3.8) is 0 Å². The van der Waals surface area contributed by atoms with Gasteiger partial charge in [0.05, 0.1) is 17.6 Å².